The Hall–Kier alpha value is -2.69. The lowest BCUT2D eigenvalue weighted by Gasteiger charge is -2.33. The van der Waals surface area contributed by atoms with Gasteiger partial charge in [-0.25, -0.2) is 0 Å². The second-order valence-electron chi connectivity index (χ2n) is 7.88. The number of hydrogen-bond donors (Lipinski definition) is 1. The van der Waals surface area contributed by atoms with Gasteiger partial charge < -0.3 is 19.7 Å². The van der Waals surface area contributed by atoms with Gasteiger partial charge >= 0.3 is 0 Å². The van der Waals surface area contributed by atoms with Crippen LogP contribution in [-0.2, 0) is 4.79 Å². The molecule has 5 nitrogen and oxygen atoms in total. The number of carbonyl (C=O) groups excluding carboxylic acids is 1. The monoisotopic (exact) mass is 380 g/mol. The van der Waals surface area contributed by atoms with Gasteiger partial charge in [0.2, 0.25) is 6.10 Å². The Kier molecular flexibility index (Phi) is 5.42. The van der Waals surface area contributed by atoms with Crippen LogP contribution in [0.3, 0.4) is 0 Å². The van der Waals surface area contributed by atoms with E-state index >= 15 is 0 Å². The molecule has 1 fully saturated rings. The van der Waals surface area contributed by atoms with Gasteiger partial charge in [0.15, 0.2) is 11.5 Å². The van der Waals surface area contributed by atoms with Gasteiger partial charge in [-0.1, -0.05) is 31.2 Å². The number of nitrogens with one attached hydrogen (secondary N) is 1. The molecule has 4 rings (SSSR count). The Balaban J connectivity index is 1.36. The van der Waals surface area contributed by atoms with Crippen LogP contribution in [0.15, 0.2) is 48.5 Å². The van der Waals surface area contributed by atoms with Gasteiger partial charge in [-0.15, -0.1) is 0 Å². The predicted molar refractivity (Wildman–Crippen MR) is 110 cm³/mol. The van der Waals surface area contributed by atoms with E-state index in [0.717, 1.165) is 24.6 Å². The average Bonchev–Trinajstić information content (AvgIpc) is 2.73. The van der Waals surface area contributed by atoms with E-state index in [1.807, 2.05) is 31.2 Å². The number of rotatable bonds is 4. The molecule has 2 aliphatic heterocycles. The second kappa shape index (κ2) is 8.13. The number of carbonyl (C=O) groups is 1. The molecule has 0 aromatic heterocycles. The fourth-order valence-electron chi connectivity index (χ4n) is 3.94. The number of piperidine rings is 1. The zero-order valence-electron chi connectivity index (χ0n) is 16.6. The van der Waals surface area contributed by atoms with E-state index in [9.17, 15) is 4.79 Å². The first-order valence-electron chi connectivity index (χ1n) is 10.1. The summed E-state index contributed by atoms with van der Waals surface area (Å²) in [5.41, 5.74) is 2.34. The van der Waals surface area contributed by atoms with Crippen molar-refractivity contribution < 1.29 is 14.3 Å². The van der Waals surface area contributed by atoms with Gasteiger partial charge in [-0.05, 0) is 55.5 Å². The number of hydrogen-bond acceptors (Lipinski definition) is 4. The van der Waals surface area contributed by atoms with Crippen LogP contribution in [0.25, 0.3) is 0 Å². The Morgan fingerprint density at radius 3 is 2.64 bits per heavy atom. The summed E-state index contributed by atoms with van der Waals surface area (Å²) in [6.07, 6.45) is 1.93. The van der Waals surface area contributed by atoms with Gasteiger partial charge in [0.05, 0.1) is 6.04 Å². The number of para-hydroxylation sites is 2. The minimum Gasteiger partial charge on any atom is -0.485 e. The van der Waals surface area contributed by atoms with Crippen molar-refractivity contribution in [2.24, 2.45) is 5.92 Å². The molecule has 0 saturated carbocycles. The van der Waals surface area contributed by atoms with Gasteiger partial charge in [-0.3, -0.25) is 4.79 Å². The quantitative estimate of drug-likeness (QED) is 0.873. The normalized spacial score (nSPS) is 22.4. The van der Waals surface area contributed by atoms with Crippen molar-refractivity contribution in [1.29, 1.82) is 0 Å². The lowest BCUT2D eigenvalue weighted by Crippen LogP contribution is -2.44. The topological polar surface area (TPSA) is 50.8 Å². The van der Waals surface area contributed by atoms with E-state index in [1.54, 1.807) is 0 Å². The van der Waals surface area contributed by atoms with E-state index in [4.69, 9.17) is 9.47 Å². The highest BCUT2D eigenvalue weighted by atomic mass is 16.6. The van der Waals surface area contributed by atoms with Crippen molar-refractivity contribution in [1.82, 2.24) is 5.32 Å². The summed E-state index contributed by atoms with van der Waals surface area (Å²) in [6, 6.07) is 15.9. The third-order valence-electron chi connectivity index (χ3n) is 5.58. The van der Waals surface area contributed by atoms with Crippen molar-refractivity contribution in [3.05, 3.63) is 54.1 Å². The predicted octanol–water partition coefficient (Wildman–Crippen LogP) is 3.94. The van der Waals surface area contributed by atoms with Crippen molar-refractivity contribution in [3.63, 3.8) is 0 Å². The molecule has 2 aliphatic rings. The molecular weight excluding hydrogens is 352 g/mol. The molecule has 2 heterocycles. The molecule has 0 bridgehead atoms. The van der Waals surface area contributed by atoms with Crippen molar-refractivity contribution in [2.75, 3.05) is 24.6 Å². The molecule has 3 atom stereocenters. The lowest BCUT2D eigenvalue weighted by molar-refractivity contribution is -0.131. The first-order valence-corrected chi connectivity index (χ1v) is 10.1. The second-order valence-corrected chi connectivity index (χ2v) is 7.88. The van der Waals surface area contributed by atoms with Crippen LogP contribution >= 0.6 is 0 Å². The average molecular weight is 380 g/mol. The Morgan fingerprint density at radius 1 is 1.14 bits per heavy atom. The maximum absolute atomic E-state index is 12.6. The molecule has 5 heteroatoms. The molecular formula is C23H28N2O3. The van der Waals surface area contributed by atoms with Crippen molar-refractivity contribution >= 4 is 11.6 Å². The molecule has 28 heavy (non-hydrogen) atoms. The van der Waals surface area contributed by atoms with Crippen LogP contribution in [0.2, 0.25) is 0 Å². The molecule has 0 aliphatic carbocycles. The molecule has 3 unspecified atom stereocenters. The Labute approximate surface area is 166 Å². The highest BCUT2D eigenvalue weighted by Crippen LogP contribution is 2.31. The van der Waals surface area contributed by atoms with Crippen LogP contribution in [0.1, 0.15) is 38.3 Å². The van der Waals surface area contributed by atoms with Crippen molar-refractivity contribution in [2.45, 2.75) is 38.8 Å². The van der Waals surface area contributed by atoms with Gasteiger partial charge in [0.1, 0.15) is 6.61 Å². The molecule has 1 amide bonds. The zero-order valence-corrected chi connectivity index (χ0v) is 16.6. The smallest absolute Gasteiger partial charge is 0.265 e. The summed E-state index contributed by atoms with van der Waals surface area (Å²) in [5.74, 6) is 1.88. The number of amides is 1. The molecule has 148 valence electrons. The third kappa shape index (κ3) is 4.08. The molecule has 2 aromatic carbocycles. The lowest BCUT2D eigenvalue weighted by atomic mass is 9.99. The fourth-order valence-corrected chi connectivity index (χ4v) is 3.94. The standard InChI is InChI=1S/C23H28N2O3/c1-16-6-5-13-25(14-16)19-11-9-18(10-12-19)17(2)24-23(26)22-15-27-20-7-3-4-8-21(20)28-22/h3-4,7-12,16-17,22H,5-6,13-15H2,1-2H3,(H,24,26). The van der Waals surface area contributed by atoms with E-state index in [0.29, 0.717) is 11.5 Å². The number of ether oxygens (including phenoxy) is 2. The summed E-state index contributed by atoms with van der Waals surface area (Å²) < 4.78 is 11.4. The molecule has 1 N–H and O–H groups in total. The van der Waals surface area contributed by atoms with Gasteiger partial charge in [0, 0.05) is 18.8 Å². The minimum atomic E-state index is -0.633. The Morgan fingerprint density at radius 2 is 1.89 bits per heavy atom. The van der Waals surface area contributed by atoms with Gasteiger partial charge in [0.25, 0.3) is 5.91 Å². The molecule has 2 aromatic rings. The van der Waals surface area contributed by atoms with Crippen LogP contribution in [-0.4, -0.2) is 31.7 Å². The van der Waals surface area contributed by atoms with Crippen LogP contribution in [0.4, 0.5) is 5.69 Å². The number of nitrogens with zero attached hydrogens (tertiary/aromatic N) is 1. The largest absolute Gasteiger partial charge is 0.485 e. The first-order chi connectivity index (χ1) is 13.6. The molecule has 0 radical (unpaired) electrons. The Bertz CT molecular complexity index is 821. The SMILES string of the molecule is CC1CCCN(c2ccc(C(C)NC(=O)C3COc4ccccc4O3)cc2)C1. The number of anilines is 1. The van der Waals surface area contributed by atoms with Crippen LogP contribution in [0, 0.1) is 5.92 Å². The summed E-state index contributed by atoms with van der Waals surface area (Å²) in [7, 11) is 0. The highest BCUT2D eigenvalue weighted by Gasteiger charge is 2.28. The molecule has 0 spiro atoms. The molecule has 1 saturated heterocycles. The van der Waals surface area contributed by atoms with Crippen LogP contribution in [0.5, 0.6) is 11.5 Å². The van der Waals surface area contributed by atoms with E-state index in [-0.39, 0.29) is 18.6 Å². The minimum absolute atomic E-state index is 0.0948. The summed E-state index contributed by atoms with van der Waals surface area (Å²) in [5, 5.41) is 3.05. The van der Waals surface area contributed by atoms with E-state index in [1.165, 1.54) is 18.5 Å². The summed E-state index contributed by atoms with van der Waals surface area (Å²) in [6.45, 7) is 6.77. The third-order valence-corrected chi connectivity index (χ3v) is 5.58. The first kappa shape index (κ1) is 18.7. The number of fused-ring (bicyclic) bond motifs is 1. The maximum Gasteiger partial charge on any atom is 0.265 e. The summed E-state index contributed by atoms with van der Waals surface area (Å²) in [4.78, 5) is 15.1. The number of benzene rings is 2. The zero-order chi connectivity index (χ0) is 19.5. The maximum atomic E-state index is 12.6. The fraction of sp³-hybridized carbons (Fsp3) is 0.435. The van der Waals surface area contributed by atoms with E-state index < -0.39 is 6.10 Å². The van der Waals surface area contributed by atoms with Gasteiger partial charge in [-0.2, -0.15) is 0 Å². The van der Waals surface area contributed by atoms with E-state index in [2.05, 4.69) is 41.4 Å². The van der Waals surface area contributed by atoms with Crippen LogP contribution < -0.4 is 19.7 Å². The summed E-state index contributed by atoms with van der Waals surface area (Å²) >= 11 is 0. The highest BCUT2D eigenvalue weighted by molar-refractivity contribution is 5.82. The van der Waals surface area contributed by atoms with Crippen molar-refractivity contribution in [3.8, 4) is 11.5 Å².